The number of rotatable bonds is 2. The van der Waals surface area contributed by atoms with Crippen LogP contribution >= 0.6 is 11.3 Å². The Labute approximate surface area is 127 Å². The number of hydrogen-bond donors (Lipinski definition) is 1. The molecule has 0 radical (unpaired) electrons. The molecule has 1 aromatic heterocycles. The maximum absolute atomic E-state index is 12.6. The number of amides is 1. The molecule has 1 fully saturated rings. The minimum absolute atomic E-state index is 0.0726. The van der Waals surface area contributed by atoms with Gasteiger partial charge in [0.2, 0.25) is 0 Å². The Bertz CT molecular complexity index is 568. The van der Waals surface area contributed by atoms with Crippen LogP contribution in [-0.4, -0.2) is 47.7 Å². The minimum Gasteiger partial charge on any atom is -0.480 e. The highest BCUT2D eigenvalue weighted by atomic mass is 32.1. The Kier molecular flexibility index (Phi) is 3.99. The zero-order valence-corrected chi connectivity index (χ0v) is 12.8. The fourth-order valence-electron chi connectivity index (χ4n) is 3.00. The summed E-state index contributed by atoms with van der Waals surface area (Å²) in [6.07, 6.45) is 3.21. The van der Waals surface area contributed by atoms with Crippen molar-refractivity contribution in [1.29, 1.82) is 0 Å². The zero-order valence-electron chi connectivity index (χ0n) is 12.0. The molecular weight excluding hydrogens is 290 g/mol. The van der Waals surface area contributed by atoms with Gasteiger partial charge in [-0.25, -0.2) is 4.79 Å². The van der Waals surface area contributed by atoms with Gasteiger partial charge >= 0.3 is 5.97 Å². The first-order valence-corrected chi connectivity index (χ1v) is 8.11. The smallest absolute Gasteiger partial charge is 0.328 e. The van der Waals surface area contributed by atoms with Crippen LogP contribution in [0.25, 0.3) is 0 Å². The normalized spacial score (nSPS) is 25.5. The molecule has 0 aromatic carbocycles. The van der Waals surface area contributed by atoms with Crippen molar-refractivity contribution >= 4 is 23.2 Å². The molecule has 1 aromatic rings. The van der Waals surface area contributed by atoms with Crippen molar-refractivity contribution < 1.29 is 19.4 Å². The van der Waals surface area contributed by atoms with E-state index in [1.165, 1.54) is 26.7 Å². The van der Waals surface area contributed by atoms with Crippen molar-refractivity contribution in [1.82, 2.24) is 4.90 Å². The summed E-state index contributed by atoms with van der Waals surface area (Å²) >= 11 is 1.53. The Morgan fingerprint density at radius 3 is 3.05 bits per heavy atom. The maximum Gasteiger partial charge on any atom is 0.328 e. The van der Waals surface area contributed by atoms with E-state index < -0.39 is 12.0 Å². The fourth-order valence-corrected chi connectivity index (χ4v) is 4.17. The number of carboxylic acids is 1. The second-order valence-corrected chi connectivity index (χ2v) is 6.97. The molecule has 0 bridgehead atoms. The molecular formula is C15H19NO4S. The molecule has 114 valence electrons. The van der Waals surface area contributed by atoms with Gasteiger partial charge in [-0.2, -0.15) is 0 Å². The second kappa shape index (κ2) is 5.77. The van der Waals surface area contributed by atoms with Gasteiger partial charge in [-0.05, 0) is 36.8 Å². The number of thiophene rings is 1. The average Bonchev–Trinajstić information content (AvgIpc) is 2.89. The monoisotopic (exact) mass is 309 g/mol. The van der Waals surface area contributed by atoms with Gasteiger partial charge in [-0.1, -0.05) is 6.92 Å². The van der Waals surface area contributed by atoms with Crippen LogP contribution in [0.1, 0.15) is 33.5 Å². The van der Waals surface area contributed by atoms with Crippen LogP contribution in [0.15, 0.2) is 6.07 Å². The van der Waals surface area contributed by atoms with Gasteiger partial charge in [0, 0.05) is 11.4 Å². The van der Waals surface area contributed by atoms with Crippen LogP contribution in [0.2, 0.25) is 0 Å². The average molecular weight is 309 g/mol. The predicted molar refractivity (Wildman–Crippen MR) is 78.8 cm³/mol. The molecule has 1 aliphatic heterocycles. The van der Waals surface area contributed by atoms with E-state index in [9.17, 15) is 14.7 Å². The summed E-state index contributed by atoms with van der Waals surface area (Å²) in [5.41, 5.74) is 1.27. The number of aliphatic carboxylic acids is 1. The number of carbonyl (C=O) groups is 2. The van der Waals surface area contributed by atoms with E-state index in [2.05, 4.69) is 6.92 Å². The molecule has 1 aliphatic carbocycles. The minimum atomic E-state index is -1.00. The fraction of sp³-hybridized carbons (Fsp3) is 0.600. The van der Waals surface area contributed by atoms with Gasteiger partial charge in [0.1, 0.15) is 0 Å². The third-order valence-electron chi connectivity index (χ3n) is 4.21. The Hall–Kier alpha value is -1.40. The molecule has 1 amide bonds. The van der Waals surface area contributed by atoms with Crippen molar-refractivity contribution in [2.75, 3.05) is 19.8 Å². The summed E-state index contributed by atoms with van der Waals surface area (Å²) in [4.78, 5) is 27.3. The Morgan fingerprint density at radius 2 is 2.29 bits per heavy atom. The number of fused-ring (bicyclic) bond motifs is 1. The quantitative estimate of drug-likeness (QED) is 0.904. The van der Waals surface area contributed by atoms with Gasteiger partial charge in [-0.15, -0.1) is 11.3 Å². The summed E-state index contributed by atoms with van der Waals surface area (Å²) < 4.78 is 5.18. The SMILES string of the molecule is CC1CCc2sc(C(=O)N3CCOCC3C(=O)O)cc2C1. The highest BCUT2D eigenvalue weighted by Crippen LogP contribution is 2.33. The lowest BCUT2D eigenvalue weighted by atomic mass is 9.90. The first kappa shape index (κ1) is 14.5. The van der Waals surface area contributed by atoms with Crippen LogP contribution < -0.4 is 0 Å². The van der Waals surface area contributed by atoms with Gasteiger partial charge in [0.15, 0.2) is 6.04 Å². The lowest BCUT2D eigenvalue weighted by Gasteiger charge is -2.32. The molecule has 1 N–H and O–H groups in total. The van der Waals surface area contributed by atoms with E-state index in [4.69, 9.17) is 4.74 Å². The van der Waals surface area contributed by atoms with Crippen molar-refractivity contribution in [2.45, 2.75) is 32.2 Å². The first-order chi connectivity index (χ1) is 10.1. The van der Waals surface area contributed by atoms with Crippen LogP contribution in [0.3, 0.4) is 0 Å². The molecule has 5 nitrogen and oxygen atoms in total. The largest absolute Gasteiger partial charge is 0.480 e. The van der Waals surface area contributed by atoms with E-state index in [1.807, 2.05) is 6.07 Å². The van der Waals surface area contributed by atoms with E-state index in [-0.39, 0.29) is 12.5 Å². The molecule has 2 aliphatic rings. The van der Waals surface area contributed by atoms with Crippen LogP contribution in [-0.2, 0) is 22.4 Å². The maximum atomic E-state index is 12.6. The van der Waals surface area contributed by atoms with Crippen molar-refractivity contribution in [3.8, 4) is 0 Å². The molecule has 6 heteroatoms. The number of carbonyl (C=O) groups excluding carboxylic acids is 1. The number of morpholine rings is 1. The lowest BCUT2D eigenvalue weighted by Crippen LogP contribution is -2.52. The molecule has 21 heavy (non-hydrogen) atoms. The molecule has 2 unspecified atom stereocenters. The summed E-state index contributed by atoms with van der Waals surface area (Å²) in [6.45, 7) is 3.04. The van der Waals surface area contributed by atoms with E-state index in [0.29, 0.717) is 23.9 Å². The highest BCUT2D eigenvalue weighted by Gasteiger charge is 2.34. The molecule has 1 saturated heterocycles. The summed E-state index contributed by atoms with van der Waals surface area (Å²) in [5.74, 6) is -0.513. The van der Waals surface area contributed by atoms with Gasteiger partial charge in [-0.3, -0.25) is 4.79 Å². The van der Waals surface area contributed by atoms with Gasteiger partial charge in [0.25, 0.3) is 5.91 Å². The topological polar surface area (TPSA) is 66.8 Å². The van der Waals surface area contributed by atoms with E-state index in [0.717, 1.165) is 19.3 Å². The standard InChI is InChI=1S/C15H19NO4S/c1-9-2-3-12-10(6-9)7-13(21-12)14(17)16-4-5-20-8-11(16)15(18)19/h7,9,11H,2-6,8H2,1H3,(H,18,19). The number of hydrogen-bond acceptors (Lipinski definition) is 4. The first-order valence-electron chi connectivity index (χ1n) is 7.29. The van der Waals surface area contributed by atoms with Crippen molar-refractivity contribution in [2.24, 2.45) is 5.92 Å². The zero-order chi connectivity index (χ0) is 15.0. The lowest BCUT2D eigenvalue weighted by molar-refractivity contribution is -0.147. The Morgan fingerprint density at radius 1 is 1.48 bits per heavy atom. The van der Waals surface area contributed by atoms with Crippen LogP contribution in [0, 0.1) is 5.92 Å². The second-order valence-electron chi connectivity index (χ2n) is 5.83. The summed E-state index contributed by atoms with van der Waals surface area (Å²) in [7, 11) is 0. The number of ether oxygens (including phenoxy) is 1. The van der Waals surface area contributed by atoms with Crippen molar-refractivity contribution in [3.05, 3.63) is 21.4 Å². The third kappa shape index (κ3) is 2.82. The van der Waals surface area contributed by atoms with Gasteiger partial charge in [0.05, 0.1) is 18.1 Å². The number of aryl methyl sites for hydroxylation is 1. The van der Waals surface area contributed by atoms with Crippen molar-refractivity contribution in [3.63, 3.8) is 0 Å². The molecule has 3 rings (SSSR count). The molecule has 0 saturated carbocycles. The summed E-state index contributed by atoms with van der Waals surface area (Å²) in [5, 5.41) is 9.23. The van der Waals surface area contributed by atoms with E-state index in [1.54, 1.807) is 0 Å². The number of nitrogens with zero attached hydrogens (tertiary/aromatic N) is 1. The van der Waals surface area contributed by atoms with Crippen LogP contribution in [0.4, 0.5) is 0 Å². The predicted octanol–water partition coefficient (Wildman–Crippen LogP) is 1.80. The Balaban J connectivity index is 1.83. The van der Waals surface area contributed by atoms with Crippen LogP contribution in [0.5, 0.6) is 0 Å². The van der Waals surface area contributed by atoms with E-state index >= 15 is 0 Å². The molecule has 2 heterocycles. The van der Waals surface area contributed by atoms with Gasteiger partial charge < -0.3 is 14.7 Å². The molecule has 0 spiro atoms. The highest BCUT2D eigenvalue weighted by molar-refractivity contribution is 7.14. The third-order valence-corrected chi connectivity index (χ3v) is 5.44. The molecule has 2 atom stereocenters. The number of carboxylic acid groups (broad SMARTS) is 1. The summed E-state index contributed by atoms with van der Waals surface area (Å²) in [6, 6.07) is 1.09.